The predicted octanol–water partition coefficient (Wildman–Crippen LogP) is 1.30. The normalized spacial score (nSPS) is 15.6. The van der Waals surface area contributed by atoms with Crippen LogP contribution in [-0.2, 0) is 11.3 Å². The van der Waals surface area contributed by atoms with Gasteiger partial charge >= 0.3 is 0 Å². The van der Waals surface area contributed by atoms with Crippen molar-refractivity contribution in [1.29, 1.82) is 0 Å². The molecule has 1 fully saturated rings. The molecule has 24 heavy (non-hydrogen) atoms. The first-order valence-electron chi connectivity index (χ1n) is 8.48. The molecule has 1 amide bonds. The Kier molecular flexibility index (Phi) is 6.87. The topological polar surface area (TPSA) is 45.2 Å². The number of amides is 1. The number of rotatable bonds is 7. The largest absolute Gasteiger partial charge is 0.493 e. The second-order valence-corrected chi connectivity index (χ2v) is 6.27. The average molecular weight is 335 g/mol. The van der Waals surface area contributed by atoms with E-state index < -0.39 is 0 Å². The number of carbonyl (C=O) groups excluding carboxylic acids is 1. The Hall–Kier alpha value is -1.79. The van der Waals surface area contributed by atoms with Crippen molar-refractivity contribution >= 4 is 5.91 Å². The van der Waals surface area contributed by atoms with Crippen LogP contribution in [0.15, 0.2) is 18.2 Å². The highest BCUT2D eigenvalue weighted by Gasteiger charge is 2.20. The van der Waals surface area contributed by atoms with Crippen LogP contribution in [0.25, 0.3) is 0 Å². The molecule has 0 N–H and O–H groups in total. The van der Waals surface area contributed by atoms with Gasteiger partial charge in [0, 0.05) is 32.7 Å². The first-order valence-corrected chi connectivity index (χ1v) is 8.48. The summed E-state index contributed by atoms with van der Waals surface area (Å²) in [5.74, 6) is 1.68. The Morgan fingerprint density at radius 2 is 1.92 bits per heavy atom. The van der Waals surface area contributed by atoms with Gasteiger partial charge in [-0.05, 0) is 38.7 Å². The van der Waals surface area contributed by atoms with Crippen LogP contribution in [-0.4, -0.2) is 81.1 Å². The van der Waals surface area contributed by atoms with E-state index in [0.717, 1.165) is 43.2 Å². The molecule has 0 atom stereocenters. The number of ether oxygens (including phenoxy) is 2. The maximum atomic E-state index is 12.4. The highest BCUT2D eigenvalue weighted by molar-refractivity contribution is 5.78. The summed E-state index contributed by atoms with van der Waals surface area (Å²) in [4.78, 5) is 18.6. The third kappa shape index (κ3) is 5.11. The van der Waals surface area contributed by atoms with Crippen LogP contribution in [0.5, 0.6) is 11.5 Å². The lowest BCUT2D eigenvalue weighted by Gasteiger charge is -2.33. The van der Waals surface area contributed by atoms with Gasteiger partial charge in [-0.25, -0.2) is 0 Å². The van der Waals surface area contributed by atoms with Crippen LogP contribution >= 0.6 is 0 Å². The Morgan fingerprint density at radius 1 is 1.21 bits per heavy atom. The van der Waals surface area contributed by atoms with E-state index in [4.69, 9.17) is 9.47 Å². The summed E-state index contributed by atoms with van der Waals surface area (Å²) in [7, 11) is 5.70. The fourth-order valence-electron chi connectivity index (χ4n) is 2.84. The van der Waals surface area contributed by atoms with Gasteiger partial charge in [0.1, 0.15) is 0 Å². The number of piperazine rings is 1. The van der Waals surface area contributed by atoms with Crippen molar-refractivity contribution in [3.63, 3.8) is 0 Å². The van der Waals surface area contributed by atoms with Crippen molar-refractivity contribution in [2.75, 3.05) is 60.5 Å². The molecule has 1 aliphatic heterocycles. The molecule has 0 aliphatic carbocycles. The lowest BCUT2D eigenvalue weighted by molar-refractivity contribution is -0.133. The monoisotopic (exact) mass is 335 g/mol. The molecule has 6 heteroatoms. The molecule has 0 radical (unpaired) electrons. The van der Waals surface area contributed by atoms with Crippen LogP contribution < -0.4 is 9.47 Å². The third-order valence-electron chi connectivity index (χ3n) is 4.24. The SMILES string of the molecule is CCOc1cc(CN(C)CC(=O)N2CCN(C)CC2)ccc1OC. The van der Waals surface area contributed by atoms with Crippen LogP contribution in [0.4, 0.5) is 0 Å². The van der Waals surface area contributed by atoms with Gasteiger partial charge in [0.25, 0.3) is 0 Å². The average Bonchev–Trinajstić information content (AvgIpc) is 2.56. The van der Waals surface area contributed by atoms with Gasteiger partial charge in [0.15, 0.2) is 11.5 Å². The van der Waals surface area contributed by atoms with Gasteiger partial charge in [-0.15, -0.1) is 0 Å². The van der Waals surface area contributed by atoms with E-state index in [9.17, 15) is 4.79 Å². The van der Waals surface area contributed by atoms with Crippen LogP contribution in [0.3, 0.4) is 0 Å². The summed E-state index contributed by atoms with van der Waals surface area (Å²) in [6.45, 7) is 7.21. The maximum Gasteiger partial charge on any atom is 0.236 e. The molecular formula is C18H29N3O3. The molecular weight excluding hydrogens is 306 g/mol. The highest BCUT2D eigenvalue weighted by Crippen LogP contribution is 2.28. The Morgan fingerprint density at radius 3 is 2.54 bits per heavy atom. The Balaban J connectivity index is 1.90. The number of carbonyl (C=O) groups is 1. The molecule has 1 aliphatic rings. The number of nitrogens with zero attached hydrogens (tertiary/aromatic N) is 3. The molecule has 1 aromatic rings. The van der Waals surface area contributed by atoms with Crippen LogP contribution in [0.1, 0.15) is 12.5 Å². The zero-order valence-electron chi connectivity index (χ0n) is 15.2. The number of likely N-dealkylation sites (N-methyl/N-ethyl adjacent to an activating group) is 2. The van der Waals surface area contributed by atoms with Gasteiger partial charge in [-0.3, -0.25) is 9.69 Å². The minimum atomic E-state index is 0.198. The molecule has 134 valence electrons. The molecule has 6 nitrogen and oxygen atoms in total. The van der Waals surface area contributed by atoms with Crippen LogP contribution in [0.2, 0.25) is 0 Å². The van der Waals surface area contributed by atoms with E-state index in [1.165, 1.54) is 0 Å². The third-order valence-corrected chi connectivity index (χ3v) is 4.24. The standard InChI is InChI=1S/C18H29N3O3/c1-5-24-17-12-15(6-7-16(17)23-4)13-20(3)14-18(22)21-10-8-19(2)9-11-21/h6-7,12H,5,8-11,13-14H2,1-4H3. The minimum absolute atomic E-state index is 0.198. The van der Waals surface area contributed by atoms with Crippen molar-refractivity contribution in [2.24, 2.45) is 0 Å². The van der Waals surface area contributed by atoms with Gasteiger partial charge in [0.2, 0.25) is 5.91 Å². The predicted molar refractivity (Wildman–Crippen MR) is 94.6 cm³/mol. The summed E-state index contributed by atoms with van der Waals surface area (Å²) in [6.07, 6.45) is 0. The molecule has 0 bridgehead atoms. The minimum Gasteiger partial charge on any atom is -0.493 e. The first kappa shape index (κ1) is 18.5. The highest BCUT2D eigenvalue weighted by atomic mass is 16.5. The number of methoxy groups -OCH3 is 1. The molecule has 0 spiro atoms. The summed E-state index contributed by atoms with van der Waals surface area (Å²) < 4.78 is 10.9. The Labute approximate surface area is 144 Å². The van der Waals surface area contributed by atoms with E-state index in [1.54, 1.807) is 7.11 Å². The first-order chi connectivity index (χ1) is 11.5. The second kappa shape index (κ2) is 8.89. The second-order valence-electron chi connectivity index (χ2n) is 6.27. The van der Waals surface area contributed by atoms with Crippen molar-refractivity contribution in [3.8, 4) is 11.5 Å². The van der Waals surface area contributed by atoms with Crippen molar-refractivity contribution in [2.45, 2.75) is 13.5 Å². The molecule has 1 aromatic carbocycles. The quantitative estimate of drug-likeness (QED) is 0.752. The molecule has 2 rings (SSSR count). The molecule has 0 aromatic heterocycles. The summed E-state index contributed by atoms with van der Waals surface area (Å²) in [5, 5.41) is 0. The zero-order valence-corrected chi connectivity index (χ0v) is 15.2. The van der Waals surface area contributed by atoms with Crippen molar-refractivity contribution in [3.05, 3.63) is 23.8 Å². The van der Waals surface area contributed by atoms with E-state index in [0.29, 0.717) is 19.7 Å². The number of hydrogen-bond donors (Lipinski definition) is 0. The van der Waals surface area contributed by atoms with E-state index >= 15 is 0 Å². The fourth-order valence-corrected chi connectivity index (χ4v) is 2.84. The summed E-state index contributed by atoms with van der Waals surface area (Å²) in [6, 6.07) is 5.91. The van der Waals surface area contributed by atoms with Crippen molar-refractivity contribution in [1.82, 2.24) is 14.7 Å². The number of hydrogen-bond acceptors (Lipinski definition) is 5. The lowest BCUT2D eigenvalue weighted by atomic mass is 10.2. The van der Waals surface area contributed by atoms with E-state index in [2.05, 4.69) is 11.9 Å². The Bertz CT molecular complexity index is 542. The smallest absolute Gasteiger partial charge is 0.236 e. The fraction of sp³-hybridized carbons (Fsp3) is 0.611. The van der Waals surface area contributed by atoms with Crippen molar-refractivity contribution < 1.29 is 14.3 Å². The molecule has 1 heterocycles. The summed E-state index contributed by atoms with van der Waals surface area (Å²) >= 11 is 0. The maximum absolute atomic E-state index is 12.4. The lowest BCUT2D eigenvalue weighted by Crippen LogP contribution is -2.49. The number of benzene rings is 1. The van der Waals surface area contributed by atoms with Gasteiger partial charge < -0.3 is 19.3 Å². The zero-order chi connectivity index (χ0) is 17.5. The van der Waals surface area contributed by atoms with Crippen LogP contribution in [0, 0.1) is 0 Å². The summed E-state index contributed by atoms with van der Waals surface area (Å²) in [5.41, 5.74) is 1.10. The van der Waals surface area contributed by atoms with E-state index in [1.807, 2.05) is 42.0 Å². The molecule has 0 unspecified atom stereocenters. The molecule has 0 saturated carbocycles. The molecule has 1 saturated heterocycles. The van der Waals surface area contributed by atoms with E-state index in [-0.39, 0.29) is 5.91 Å². The van der Waals surface area contributed by atoms with Gasteiger partial charge in [-0.1, -0.05) is 6.07 Å². The van der Waals surface area contributed by atoms with Gasteiger partial charge in [0.05, 0.1) is 20.3 Å². The van der Waals surface area contributed by atoms with Gasteiger partial charge in [-0.2, -0.15) is 0 Å².